The molecule has 2 rings (SSSR count). The zero-order valence-corrected chi connectivity index (χ0v) is 14.5. The molecule has 0 aliphatic carbocycles. The lowest BCUT2D eigenvalue weighted by Gasteiger charge is -2.19. The number of rotatable bonds is 7. The van der Waals surface area contributed by atoms with E-state index in [1.54, 1.807) is 4.68 Å². The normalized spacial score (nSPS) is 10.6. The van der Waals surface area contributed by atoms with Crippen LogP contribution in [0.2, 0.25) is 0 Å². The van der Waals surface area contributed by atoms with Gasteiger partial charge in [-0.3, -0.25) is 9.48 Å². The minimum absolute atomic E-state index is 0.0120. The van der Waals surface area contributed by atoms with Crippen molar-refractivity contribution in [2.75, 3.05) is 25.0 Å². The zero-order chi connectivity index (χ0) is 16.8. The molecule has 0 atom stereocenters. The Hall–Kier alpha value is -2.30. The summed E-state index contributed by atoms with van der Waals surface area (Å²) in [4.78, 5) is 14.2. The van der Waals surface area contributed by atoms with Crippen LogP contribution in [0.5, 0.6) is 0 Å². The molecule has 0 spiro atoms. The van der Waals surface area contributed by atoms with Crippen molar-refractivity contribution < 1.29 is 4.79 Å². The molecular weight excluding hydrogens is 288 g/mol. The molecule has 1 aromatic carbocycles. The number of para-hydroxylation sites is 1. The first-order valence-corrected chi connectivity index (χ1v) is 8.02. The van der Waals surface area contributed by atoms with E-state index in [4.69, 9.17) is 0 Å². The predicted octanol–water partition coefficient (Wildman–Crippen LogP) is 2.45. The van der Waals surface area contributed by atoms with Crippen molar-refractivity contribution in [1.29, 1.82) is 0 Å². The summed E-state index contributed by atoms with van der Waals surface area (Å²) >= 11 is 0. The van der Waals surface area contributed by atoms with Crippen LogP contribution in [0.25, 0.3) is 0 Å². The molecule has 124 valence electrons. The fourth-order valence-electron chi connectivity index (χ4n) is 2.49. The van der Waals surface area contributed by atoms with Gasteiger partial charge in [-0.1, -0.05) is 18.2 Å². The SMILES string of the molecule is Cc1nn(CC(=O)NCCCN(C)c2ccccc2)c(C)c1C. The Balaban J connectivity index is 1.72. The summed E-state index contributed by atoms with van der Waals surface area (Å²) in [6.07, 6.45) is 0.910. The number of aromatic nitrogens is 2. The van der Waals surface area contributed by atoms with Gasteiger partial charge in [0, 0.05) is 31.5 Å². The van der Waals surface area contributed by atoms with Crippen molar-refractivity contribution >= 4 is 11.6 Å². The van der Waals surface area contributed by atoms with Gasteiger partial charge in [-0.15, -0.1) is 0 Å². The molecule has 1 heterocycles. The van der Waals surface area contributed by atoms with E-state index in [2.05, 4.69) is 34.5 Å². The second kappa shape index (κ2) is 7.81. The number of hydrogen-bond acceptors (Lipinski definition) is 3. The Morgan fingerprint density at radius 1 is 1.22 bits per heavy atom. The summed E-state index contributed by atoms with van der Waals surface area (Å²) < 4.78 is 1.77. The quantitative estimate of drug-likeness (QED) is 0.799. The van der Waals surface area contributed by atoms with Crippen LogP contribution >= 0.6 is 0 Å². The number of carbonyl (C=O) groups excluding carboxylic acids is 1. The number of nitrogens with zero attached hydrogens (tertiary/aromatic N) is 3. The van der Waals surface area contributed by atoms with Crippen LogP contribution in [0.15, 0.2) is 30.3 Å². The van der Waals surface area contributed by atoms with E-state index in [0.29, 0.717) is 6.54 Å². The molecule has 0 saturated heterocycles. The number of hydrogen-bond donors (Lipinski definition) is 1. The second-order valence-electron chi connectivity index (χ2n) is 5.91. The Labute approximate surface area is 138 Å². The molecule has 0 saturated carbocycles. The van der Waals surface area contributed by atoms with E-state index in [1.807, 2.05) is 39.0 Å². The highest BCUT2D eigenvalue weighted by Crippen LogP contribution is 2.11. The van der Waals surface area contributed by atoms with E-state index < -0.39 is 0 Å². The van der Waals surface area contributed by atoms with E-state index in [9.17, 15) is 4.79 Å². The van der Waals surface area contributed by atoms with E-state index >= 15 is 0 Å². The molecule has 0 radical (unpaired) electrons. The third-order valence-electron chi connectivity index (χ3n) is 4.23. The summed E-state index contributed by atoms with van der Waals surface area (Å²) in [7, 11) is 2.07. The van der Waals surface area contributed by atoms with Gasteiger partial charge in [-0.25, -0.2) is 0 Å². The Morgan fingerprint density at radius 2 is 1.91 bits per heavy atom. The van der Waals surface area contributed by atoms with Gasteiger partial charge in [0.1, 0.15) is 6.54 Å². The number of carbonyl (C=O) groups is 1. The summed E-state index contributed by atoms with van der Waals surface area (Å²) in [5.41, 5.74) is 4.39. The Morgan fingerprint density at radius 3 is 2.52 bits per heavy atom. The van der Waals surface area contributed by atoms with Gasteiger partial charge in [-0.2, -0.15) is 5.10 Å². The monoisotopic (exact) mass is 314 g/mol. The highest BCUT2D eigenvalue weighted by Gasteiger charge is 2.10. The van der Waals surface area contributed by atoms with Crippen molar-refractivity contribution in [3.05, 3.63) is 47.3 Å². The first-order valence-electron chi connectivity index (χ1n) is 8.02. The largest absolute Gasteiger partial charge is 0.375 e. The van der Waals surface area contributed by atoms with Crippen LogP contribution < -0.4 is 10.2 Å². The fraction of sp³-hybridized carbons (Fsp3) is 0.444. The molecular formula is C18H26N4O. The molecule has 1 N–H and O–H groups in total. The maximum atomic E-state index is 12.0. The summed E-state index contributed by atoms with van der Waals surface area (Å²) in [6, 6.07) is 10.2. The van der Waals surface area contributed by atoms with Crippen LogP contribution in [0.4, 0.5) is 5.69 Å². The summed E-state index contributed by atoms with van der Waals surface area (Å²) in [6.45, 7) is 7.87. The summed E-state index contributed by atoms with van der Waals surface area (Å²) in [5, 5.41) is 7.36. The van der Waals surface area contributed by atoms with Crippen molar-refractivity contribution in [1.82, 2.24) is 15.1 Å². The molecule has 0 aliphatic rings. The van der Waals surface area contributed by atoms with E-state index in [1.165, 1.54) is 5.69 Å². The molecule has 0 unspecified atom stereocenters. The highest BCUT2D eigenvalue weighted by atomic mass is 16.2. The average molecular weight is 314 g/mol. The lowest BCUT2D eigenvalue weighted by Crippen LogP contribution is -2.31. The molecule has 0 aliphatic heterocycles. The van der Waals surface area contributed by atoms with E-state index in [0.717, 1.165) is 29.9 Å². The highest BCUT2D eigenvalue weighted by molar-refractivity contribution is 5.75. The van der Waals surface area contributed by atoms with Crippen LogP contribution in [0, 0.1) is 20.8 Å². The lowest BCUT2D eigenvalue weighted by molar-refractivity contribution is -0.121. The minimum atomic E-state index is 0.0120. The molecule has 1 aromatic heterocycles. The lowest BCUT2D eigenvalue weighted by atomic mass is 10.2. The number of amides is 1. The summed E-state index contributed by atoms with van der Waals surface area (Å²) in [5.74, 6) is 0.0120. The molecule has 1 amide bonds. The minimum Gasteiger partial charge on any atom is -0.375 e. The maximum absolute atomic E-state index is 12.0. The number of anilines is 1. The fourth-order valence-corrected chi connectivity index (χ4v) is 2.49. The average Bonchev–Trinajstić information content (AvgIpc) is 2.79. The van der Waals surface area contributed by atoms with Crippen LogP contribution in [-0.2, 0) is 11.3 Å². The van der Waals surface area contributed by atoms with Crippen LogP contribution in [0.3, 0.4) is 0 Å². The van der Waals surface area contributed by atoms with Crippen molar-refractivity contribution in [2.45, 2.75) is 33.7 Å². The van der Waals surface area contributed by atoms with Gasteiger partial charge in [0.05, 0.1) is 5.69 Å². The van der Waals surface area contributed by atoms with Crippen molar-refractivity contribution in [3.63, 3.8) is 0 Å². The zero-order valence-electron chi connectivity index (χ0n) is 14.5. The number of aryl methyl sites for hydroxylation is 1. The topological polar surface area (TPSA) is 50.2 Å². The third-order valence-corrected chi connectivity index (χ3v) is 4.23. The van der Waals surface area contributed by atoms with Gasteiger partial charge < -0.3 is 10.2 Å². The molecule has 0 fully saturated rings. The first kappa shape index (κ1) is 17.1. The maximum Gasteiger partial charge on any atom is 0.241 e. The molecule has 5 nitrogen and oxygen atoms in total. The van der Waals surface area contributed by atoms with Crippen molar-refractivity contribution in [3.8, 4) is 0 Å². The standard InChI is InChI=1S/C18H26N4O/c1-14-15(2)20-22(16(14)3)13-18(23)19-11-8-12-21(4)17-9-6-5-7-10-17/h5-7,9-10H,8,11-13H2,1-4H3,(H,19,23). The second-order valence-corrected chi connectivity index (χ2v) is 5.91. The molecule has 2 aromatic rings. The van der Waals surface area contributed by atoms with Gasteiger partial charge in [-0.05, 0) is 44.9 Å². The van der Waals surface area contributed by atoms with Gasteiger partial charge >= 0.3 is 0 Å². The number of nitrogens with one attached hydrogen (secondary N) is 1. The number of benzene rings is 1. The third kappa shape index (κ3) is 4.58. The van der Waals surface area contributed by atoms with Gasteiger partial charge in [0.25, 0.3) is 0 Å². The molecule has 5 heteroatoms. The van der Waals surface area contributed by atoms with E-state index in [-0.39, 0.29) is 12.5 Å². The molecule has 23 heavy (non-hydrogen) atoms. The predicted molar refractivity (Wildman–Crippen MR) is 93.8 cm³/mol. The Bertz CT molecular complexity index is 649. The van der Waals surface area contributed by atoms with Crippen LogP contribution in [0.1, 0.15) is 23.4 Å². The van der Waals surface area contributed by atoms with Crippen LogP contribution in [-0.4, -0.2) is 35.8 Å². The molecule has 0 bridgehead atoms. The van der Waals surface area contributed by atoms with Crippen molar-refractivity contribution in [2.24, 2.45) is 0 Å². The van der Waals surface area contributed by atoms with Gasteiger partial charge in [0.2, 0.25) is 5.91 Å². The smallest absolute Gasteiger partial charge is 0.241 e. The first-order chi connectivity index (χ1) is 11.0. The van der Waals surface area contributed by atoms with Gasteiger partial charge in [0.15, 0.2) is 0 Å². The Kier molecular flexibility index (Phi) is 5.79.